The largest absolute Gasteiger partial charge is 0.457 e. The normalized spacial score (nSPS) is 21.6. The van der Waals surface area contributed by atoms with Crippen LogP contribution in [0, 0.1) is 0 Å². The second-order valence-electron chi connectivity index (χ2n) is 14.4. The molecule has 50 heavy (non-hydrogen) atoms. The highest BCUT2D eigenvalue weighted by atomic mass is 16.7. The van der Waals surface area contributed by atoms with Gasteiger partial charge in [-0.3, -0.25) is 4.79 Å². The number of unbranched alkanes of at least 4 members (excludes halogenated alkanes) is 22. The third kappa shape index (κ3) is 25.0. The van der Waals surface area contributed by atoms with E-state index in [9.17, 15) is 25.2 Å². The van der Waals surface area contributed by atoms with Crippen molar-refractivity contribution < 1.29 is 44.2 Å². The smallest absolute Gasteiger partial charge is 0.306 e. The summed E-state index contributed by atoms with van der Waals surface area (Å²) in [5.74, 6) is -0.314. The molecule has 1 aliphatic rings. The van der Waals surface area contributed by atoms with E-state index < -0.39 is 43.4 Å². The number of esters is 1. The van der Waals surface area contributed by atoms with Gasteiger partial charge in [0.25, 0.3) is 0 Å². The van der Waals surface area contributed by atoms with Crippen LogP contribution >= 0.6 is 0 Å². The summed E-state index contributed by atoms with van der Waals surface area (Å²) in [6.45, 7) is 4.52. The van der Waals surface area contributed by atoms with Crippen molar-refractivity contribution in [3.8, 4) is 0 Å². The monoisotopic (exact) mass is 715 g/mol. The molecule has 1 aliphatic heterocycles. The van der Waals surface area contributed by atoms with E-state index in [1.165, 1.54) is 122 Å². The van der Waals surface area contributed by atoms with Gasteiger partial charge in [0.2, 0.25) is 0 Å². The Morgan fingerprint density at radius 2 is 1.12 bits per heavy atom. The first-order valence-electron chi connectivity index (χ1n) is 20.8. The molecule has 0 aromatic carbocycles. The Labute approximate surface area is 305 Å². The van der Waals surface area contributed by atoms with Gasteiger partial charge in [-0.25, -0.2) is 0 Å². The second kappa shape index (κ2) is 33.7. The fourth-order valence-corrected chi connectivity index (χ4v) is 6.35. The van der Waals surface area contributed by atoms with Gasteiger partial charge in [-0.05, 0) is 32.1 Å². The fraction of sp³-hybridized carbons (Fsp3) is 0.927. The minimum absolute atomic E-state index is 0.111. The molecular formula is C41H78O9. The zero-order valence-electron chi connectivity index (χ0n) is 32.2. The Morgan fingerprint density at radius 1 is 0.620 bits per heavy atom. The van der Waals surface area contributed by atoms with Crippen LogP contribution in [0.15, 0.2) is 12.2 Å². The fourth-order valence-electron chi connectivity index (χ4n) is 6.35. The first-order chi connectivity index (χ1) is 24.4. The lowest BCUT2D eigenvalue weighted by atomic mass is 9.99. The van der Waals surface area contributed by atoms with Gasteiger partial charge in [-0.15, -0.1) is 0 Å². The number of carbonyl (C=O) groups is 1. The number of ether oxygens (including phenoxy) is 4. The van der Waals surface area contributed by atoms with E-state index in [1.54, 1.807) is 0 Å². The highest BCUT2D eigenvalue weighted by molar-refractivity contribution is 5.69. The number of carbonyl (C=O) groups excluding carboxylic acids is 1. The van der Waals surface area contributed by atoms with Crippen LogP contribution in [-0.2, 0) is 23.7 Å². The molecule has 0 radical (unpaired) electrons. The predicted octanol–water partition coefficient (Wildman–Crippen LogP) is 8.47. The first kappa shape index (κ1) is 47.0. The Bertz CT molecular complexity index is 777. The molecule has 6 atom stereocenters. The molecule has 6 unspecified atom stereocenters. The van der Waals surface area contributed by atoms with Crippen LogP contribution in [-0.4, -0.2) is 89.6 Å². The lowest BCUT2D eigenvalue weighted by molar-refractivity contribution is -0.305. The molecule has 296 valence electrons. The summed E-state index contributed by atoms with van der Waals surface area (Å²) in [4.78, 5) is 12.7. The zero-order chi connectivity index (χ0) is 36.5. The quantitative estimate of drug-likeness (QED) is 0.0290. The van der Waals surface area contributed by atoms with Crippen molar-refractivity contribution in [1.82, 2.24) is 0 Å². The number of aliphatic hydroxyl groups is 4. The number of aliphatic hydroxyl groups excluding tert-OH is 4. The molecule has 0 aromatic rings. The van der Waals surface area contributed by atoms with Crippen molar-refractivity contribution in [3.05, 3.63) is 12.2 Å². The van der Waals surface area contributed by atoms with Crippen LogP contribution in [0.25, 0.3) is 0 Å². The molecule has 1 rings (SSSR count). The molecule has 0 bridgehead atoms. The Kier molecular flexibility index (Phi) is 31.7. The minimum Gasteiger partial charge on any atom is -0.457 e. The summed E-state index contributed by atoms with van der Waals surface area (Å²) in [5, 5.41) is 40.0. The van der Waals surface area contributed by atoms with Crippen LogP contribution in [0.5, 0.6) is 0 Å². The van der Waals surface area contributed by atoms with Gasteiger partial charge < -0.3 is 39.4 Å². The molecule has 0 spiro atoms. The second-order valence-corrected chi connectivity index (χ2v) is 14.4. The molecule has 9 nitrogen and oxygen atoms in total. The summed E-state index contributed by atoms with van der Waals surface area (Å²) in [6.07, 6.45) is 28.0. The molecule has 0 aromatic heterocycles. The van der Waals surface area contributed by atoms with Crippen LogP contribution in [0.2, 0.25) is 0 Å². The van der Waals surface area contributed by atoms with Crippen molar-refractivity contribution in [2.24, 2.45) is 0 Å². The van der Waals surface area contributed by atoms with E-state index in [1.807, 2.05) is 0 Å². The highest BCUT2D eigenvalue weighted by Crippen LogP contribution is 2.22. The van der Waals surface area contributed by atoms with E-state index >= 15 is 0 Å². The van der Waals surface area contributed by atoms with Crippen molar-refractivity contribution >= 4 is 5.97 Å². The molecule has 1 fully saturated rings. The molecule has 0 saturated carbocycles. The van der Waals surface area contributed by atoms with Gasteiger partial charge in [0.1, 0.15) is 30.5 Å². The van der Waals surface area contributed by atoms with E-state index in [0.717, 1.165) is 38.5 Å². The van der Waals surface area contributed by atoms with Gasteiger partial charge in [0.05, 0.1) is 19.8 Å². The molecule has 0 amide bonds. The van der Waals surface area contributed by atoms with Crippen LogP contribution in [0.3, 0.4) is 0 Å². The Hall–Kier alpha value is -1.07. The lowest BCUT2D eigenvalue weighted by Gasteiger charge is -2.39. The highest BCUT2D eigenvalue weighted by Gasteiger charge is 2.44. The van der Waals surface area contributed by atoms with Crippen molar-refractivity contribution in [2.75, 3.05) is 26.4 Å². The average Bonchev–Trinajstić information content (AvgIpc) is 3.11. The van der Waals surface area contributed by atoms with Gasteiger partial charge >= 0.3 is 5.97 Å². The topological polar surface area (TPSA) is 135 Å². The summed E-state index contributed by atoms with van der Waals surface area (Å²) in [5.41, 5.74) is 0. The molecular weight excluding hydrogens is 636 g/mol. The van der Waals surface area contributed by atoms with Crippen LogP contribution < -0.4 is 0 Å². The molecule has 1 saturated heterocycles. The van der Waals surface area contributed by atoms with E-state index in [2.05, 4.69) is 26.0 Å². The number of allylic oxidation sites excluding steroid dienone is 2. The SMILES string of the molecule is CCCC/C=C\CCCCCCCCOCC(COC1OC(CO)C(O)C(O)C1O)OC(=O)CCCCCCCCCCCCCCCCC. The standard InChI is InChI=1S/C41H78O9/c1-3-5-7-9-11-13-15-17-18-19-20-22-24-26-28-30-37(43)49-35(34-48-41-40(46)39(45)38(44)36(32-42)50-41)33-47-31-29-27-25-23-21-16-14-12-10-8-6-4-2/h10,12,35-36,38-42,44-46H,3-9,11,13-34H2,1-2H3/b12-10-. The third-order valence-electron chi connectivity index (χ3n) is 9.68. The third-order valence-corrected chi connectivity index (χ3v) is 9.68. The summed E-state index contributed by atoms with van der Waals surface area (Å²) in [6, 6.07) is 0. The maximum atomic E-state index is 12.7. The van der Waals surface area contributed by atoms with Gasteiger partial charge in [-0.2, -0.15) is 0 Å². The van der Waals surface area contributed by atoms with E-state index in [4.69, 9.17) is 18.9 Å². The van der Waals surface area contributed by atoms with Crippen molar-refractivity contribution in [2.45, 2.75) is 218 Å². The minimum atomic E-state index is -1.53. The maximum Gasteiger partial charge on any atom is 0.306 e. The number of hydrogen-bond acceptors (Lipinski definition) is 9. The van der Waals surface area contributed by atoms with Crippen LogP contribution in [0.4, 0.5) is 0 Å². The number of rotatable bonds is 35. The maximum absolute atomic E-state index is 12.7. The molecule has 1 heterocycles. The Balaban J connectivity index is 2.29. The predicted molar refractivity (Wildman–Crippen MR) is 201 cm³/mol. The van der Waals surface area contributed by atoms with Gasteiger partial charge in [-0.1, -0.05) is 154 Å². The summed E-state index contributed by atoms with van der Waals surface area (Å²) < 4.78 is 22.7. The lowest BCUT2D eigenvalue weighted by Crippen LogP contribution is -2.59. The van der Waals surface area contributed by atoms with Gasteiger partial charge in [0.15, 0.2) is 6.29 Å². The van der Waals surface area contributed by atoms with Crippen molar-refractivity contribution in [3.63, 3.8) is 0 Å². The zero-order valence-corrected chi connectivity index (χ0v) is 32.2. The Morgan fingerprint density at radius 3 is 1.68 bits per heavy atom. The van der Waals surface area contributed by atoms with Crippen LogP contribution in [0.1, 0.15) is 181 Å². The summed E-state index contributed by atoms with van der Waals surface area (Å²) >= 11 is 0. The van der Waals surface area contributed by atoms with Crippen molar-refractivity contribution in [1.29, 1.82) is 0 Å². The molecule has 4 N–H and O–H groups in total. The number of hydrogen-bond donors (Lipinski definition) is 4. The van der Waals surface area contributed by atoms with Gasteiger partial charge in [0, 0.05) is 13.0 Å². The summed E-state index contributed by atoms with van der Waals surface area (Å²) in [7, 11) is 0. The van der Waals surface area contributed by atoms with E-state index in [-0.39, 0.29) is 19.2 Å². The average molecular weight is 715 g/mol. The first-order valence-corrected chi connectivity index (χ1v) is 20.8. The van der Waals surface area contributed by atoms with E-state index in [0.29, 0.717) is 13.0 Å². The molecule has 9 heteroatoms. The molecule has 0 aliphatic carbocycles.